The molecule has 0 saturated heterocycles. The fourth-order valence-electron chi connectivity index (χ4n) is 2.85. The summed E-state index contributed by atoms with van der Waals surface area (Å²) < 4.78 is 5.72. The Balaban J connectivity index is 1.63. The Morgan fingerprint density at radius 1 is 1.13 bits per heavy atom. The Hall–Kier alpha value is -2.00. The van der Waals surface area contributed by atoms with Crippen molar-refractivity contribution in [2.45, 2.75) is 32.2 Å². The first-order chi connectivity index (χ1) is 11.0. The van der Waals surface area contributed by atoms with Gasteiger partial charge in [0, 0.05) is 5.02 Å². The molecule has 4 heteroatoms. The summed E-state index contributed by atoms with van der Waals surface area (Å²) in [5.41, 5.74) is 2.93. The number of nitrogens with one attached hydrogen (secondary N) is 1. The Bertz CT molecular complexity index is 700. The van der Waals surface area contributed by atoms with Gasteiger partial charge in [-0.15, -0.1) is 0 Å². The number of rotatable bonds is 5. The highest BCUT2D eigenvalue weighted by Crippen LogP contribution is 2.45. The molecule has 0 aromatic heterocycles. The van der Waals surface area contributed by atoms with E-state index >= 15 is 0 Å². The molecule has 2 aromatic rings. The fraction of sp³-hybridized carbons (Fsp3) is 0.316. The zero-order valence-electron chi connectivity index (χ0n) is 13.4. The van der Waals surface area contributed by atoms with Crippen LogP contribution in [-0.4, -0.2) is 12.5 Å². The Kier molecular flexibility index (Phi) is 4.31. The summed E-state index contributed by atoms with van der Waals surface area (Å²) in [6.45, 7) is 3.99. The van der Waals surface area contributed by atoms with Crippen LogP contribution in [0.3, 0.4) is 0 Å². The van der Waals surface area contributed by atoms with E-state index < -0.39 is 0 Å². The maximum absolute atomic E-state index is 12.3. The number of hydrogen-bond donors (Lipinski definition) is 1. The molecule has 1 saturated carbocycles. The third-order valence-electron chi connectivity index (χ3n) is 4.28. The van der Waals surface area contributed by atoms with Gasteiger partial charge in [-0.1, -0.05) is 41.9 Å². The molecule has 23 heavy (non-hydrogen) atoms. The largest absolute Gasteiger partial charge is 0.483 e. The highest BCUT2D eigenvalue weighted by atomic mass is 35.5. The van der Waals surface area contributed by atoms with E-state index in [1.54, 1.807) is 0 Å². The molecule has 1 fully saturated rings. The SMILES string of the molecule is Cc1cccc(C)c1OCC(=O)NC1(c2ccc(Cl)cc2)CC1. The van der Waals surface area contributed by atoms with Crippen LogP contribution in [0.5, 0.6) is 5.75 Å². The molecule has 3 rings (SSSR count). The van der Waals surface area contributed by atoms with E-state index in [2.05, 4.69) is 5.32 Å². The molecule has 0 radical (unpaired) electrons. The molecule has 2 aromatic carbocycles. The predicted molar refractivity (Wildman–Crippen MR) is 91.9 cm³/mol. The number of para-hydroxylation sites is 1. The molecule has 1 aliphatic carbocycles. The van der Waals surface area contributed by atoms with Crippen molar-refractivity contribution in [1.82, 2.24) is 5.32 Å². The zero-order valence-corrected chi connectivity index (χ0v) is 14.1. The fourth-order valence-corrected chi connectivity index (χ4v) is 2.97. The zero-order chi connectivity index (χ0) is 16.4. The molecule has 3 nitrogen and oxygen atoms in total. The third-order valence-corrected chi connectivity index (χ3v) is 4.53. The third kappa shape index (κ3) is 3.50. The van der Waals surface area contributed by atoms with E-state index in [-0.39, 0.29) is 18.1 Å². The van der Waals surface area contributed by atoms with E-state index in [4.69, 9.17) is 16.3 Å². The first-order valence-corrected chi connectivity index (χ1v) is 8.14. The standard InChI is InChI=1S/C19H20ClNO2/c1-13-4-3-5-14(2)18(13)23-12-17(22)21-19(10-11-19)15-6-8-16(20)9-7-15/h3-9H,10-12H2,1-2H3,(H,21,22). The lowest BCUT2D eigenvalue weighted by Crippen LogP contribution is -2.38. The number of benzene rings is 2. The van der Waals surface area contributed by atoms with Gasteiger partial charge in [0.2, 0.25) is 0 Å². The van der Waals surface area contributed by atoms with Crippen molar-refractivity contribution in [3.8, 4) is 5.75 Å². The molecule has 1 N–H and O–H groups in total. The second-order valence-electron chi connectivity index (χ2n) is 6.15. The van der Waals surface area contributed by atoms with Crippen molar-refractivity contribution in [2.75, 3.05) is 6.61 Å². The van der Waals surface area contributed by atoms with Crippen molar-refractivity contribution >= 4 is 17.5 Å². The van der Waals surface area contributed by atoms with Crippen molar-refractivity contribution in [3.05, 3.63) is 64.2 Å². The molecule has 0 aliphatic heterocycles. The van der Waals surface area contributed by atoms with Gasteiger partial charge < -0.3 is 10.1 Å². The van der Waals surface area contributed by atoms with Crippen LogP contribution < -0.4 is 10.1 Å². The minimum absolute atomic E-state index is 0.0288. The molecule has 0 unspecified atom stereocenters. The van der Waals surface area contributed by atoms with Gasteiger partial charge in [0.1, 0.15) is 5.75 Å². The molecule has 1 amide bonds. The second-order valence-corrected chi connectivity index (χ2v) is 6.58. The lowest BCUT2D eigenvalue weighted by Gasteiger charge is -2.19. The summed E-state index contributed by atoms with van der Waals surface area (Å²) >= 11 is 5.93. The van der Waals surface area contributed by atoms with E-state index in [1.165, 1.54) is 0 Å². The monoisotopic (exact) mass is 329 g/mol. The van der Waals surface area contributed by atoms with Crippen LogP contribution in [0, 0.1) is 13.8 Å². The van der Waals surface area contributed by atoms with Crippen molar-refractivity contribution < 1.29 is 9.53 Å². The second kappa shape index (κ2) is 6.25. The summed E-state index contributed by atoms with van der Waals surface area (Å²) in [5.74, 6) is 0.694. The molecule has 0 heterocycles. The first-order valence-electron chi connectivity index (χ1n) is 7.76. The van der Waals surface area contributed by atoms with Crippen LogP contribution in [0.4, 0.5) is 0 Å². The predicted octanol–water partition coefficient (Wildman–Crippen LogP) is 4.14. The Morgan fingerprint density at radius 2 is 1.74 bits per heavy atom. The number of amides is 1. The van der Waals surface area contributed by atoms with Crippen molar-refractivity contribution in [2.24, 2.45) is 0 Å². The van der Waals surface area contributed by atoms with Crippen LogP contribution in [0.2, 0.25) is 5.02 Å². The van der Waals surface area contributed by atoms with Gasteiger partial charge in [0.15, 0.2) is 6.61 Å². The summed E-state index contributed by atoms with van der Waals surface area (Å²) in [5, 5.41) is 3.81. The topological polar surface area (TPSA) is 38.3 Å². The van der Waals surface area contributed by atoms with Crippen LogP contribution in [0.1, 0.15) is 29.5 Å². The van der Waals surface area contributed by atoms with Crippen molar-refractivity contribution in [1.29, 1.82) is 0 Å². The van der Waals surface area contributed by atoms with Crippen LogP contribution in [-0.2, 0) is 10.3 Å². The van der Waals surface area contributed by atoms with Gasteiger partial charge in [-0.3, -0.25) is 4.79 Å². The smallest absolute Gasteiger partial charge is 0.258 e. The average molecular weight is 330 g/mol. The quantitative estimate of drug-likeness (QED) is 0.895. The van der Waals surface area contributed by atoms with Crippen LogP contribution >= 0.6 is 11.6 Å². The molecule has 1 aliphatic rings. The normalized spacial score (nSPS) is 15.1. The molecule has 0 bridgehead atoms. The van der Waals surface area contributed by atoms with Gasteiger partial charge in [-0.05, 0) is 55.5 Å². The number of aryl methyl sites for hydroxylation is 2. The lowest BCUT2D eigenvalue weighted by atomic mass is 10.1. The maximum atomic E-state index is 12.3. The maximum Gasteiger partial charge on any atom is 0.258 e. The minimum atomic E-state index is -0.244. The average Bonchev–Trinajstić information content (AvgIpc) is 3.28. The molecule has 120 valence electrons. The van der Waals surface area contributed by atoms with Gasteiger partial charge in [-0.25, -0.2) is 0 Å². The lowest BCUT2D eigenvalue weighted by molar-refractivity contribution is -0.124. The first kappa shape index (κ1) is 15.9. The van der Waals surface area contributed by atoms with Gasteiger partial charge in [0.25, 0.3) is 5.91 Å². The number of hydrogen-bond acceptors (Lipinski definition) is 2. The number of halogens is 1. The van der Waals surface area contributed by atoms with Crippen LogP contribution in [0.15, 0.2) is 42.5 Å². The Morgan fingerprint density at radius 3 is 2.30 bits per heavy atom. The van der Waals surface area contributed by atoms with E-state index in [9.17, 15) is 4.79 Å². The molecular formula is C19H20ClNO2. The summed E-state index contributed by atoms with van der Waals surface area (Å²) in [4.78, 5) is 12.3. The minimum Gasteiger partial charge on any atom is -0.483 e. The molecular weight excluding hydrogens is 310 g/mol. The summed E-state index contributed by atoms with van der Waals surface area (Å²) in [6.07, 6.45) is 1.90. The van der Waals surface area contributed by atoms with Crippen LogP contribution in [0.25, 0.3) is 0 Å². The van der Waals surface area contributed by atoms with E-state index in [0.29, 0.717) is 5.02 Å². The van der Waals surface area contributed by atoms with E-state index in [1.807, 2.05) is 56.3 Å². The number of carbonyl (C=O) groups excluding carboxylic acids is 1. The summed E-state index contributed by atoms with van der Waals surface area (Å²) in [7, 11) is 0. The van der Waals surface area contributed by atoms with Gasteiger partial charge in [-0.2, -0.15) is 0 Å². The number of carbonyl (C=O) groups is 1. The van der Waals surface area contributed by atoms with Gasteiger partial charge >= 0.3 is 0 Å². The number of ether oxygens (including phenoxy) is 1. The van der Waals surface area contributed by atoms with Crippen molar-refractivity contribution in [3.63, 3.8) is 0 Å². The highest BCUT2D eigenvalue weighted by Gasteiger charge is 2.45. The van der Waals surface area contributed by atoms with Gasteiger partial charge in [0.05, 0.1) is 5.54 Å². The molecule has 0 atom stereocenters. The Labute approximate surface area is 141 Å². The molecule has 0 spiro atoms. The van der Waals surface area contributed by atoms with E-state index in [0.717, 1.165) is 35.3 Å². The highest BCUT2D eigenvalue weighted by molar-refractivity contribution is 6.30. The summed E-state index contributed by atoms with van der Waals surface area (Å²) in [6, 6.07) is 13.6.